The molecule has 7 heteroatoms. The van der Waals surface area contributed by atoms with Crippen molar-refractivity contribution in [2.75, 3.05) is 7.11 Å². The van der Waals surface area contributed by atoms with Gasteiger partial charge in [0.1, 0.15) is 0 Å². The highest BCUT2D eigenvalue weighted by molar-refractivity contribution is 6.60. The van der Waals surface area contributed by atoms with Gasteiger partial charge >= 0.3 is 13.3 Å². The zero-order chi connectivity index (χ0) is 11.6. The van der Waals surface area contributed by atoms with Gasteiger partial charge < -0.3 is 9.68 Å². The summed E-state index contributed by atoms with van der Waals surface area (Å²) < 4.78 is 41.7. The SMILES string of the molecule is COB(O)c1ccc(Cl)c(C(F)(F)F)c1. The van der Waals surface area contributed by atoms with Crippen molar-refractivity contribution in [2.24, 2.45) is 0 Å². The van der Waals surface area contributed by atoms with Crippen molar-refractivity contribution in [3.63, 3.8) is 0 Å². The zero-order valence-electron chi connectivity index (χ0n) is 7.68. The Hall–Kier alpha value is -0.715. The summed E-state index contributed by atoms with van der Waals surface area (Å²) in [6, 6.07) is 3.10. The predicted octanol–water partition coefficient (Wildman–Crippen LogP) is 1.69. The monoisotopic (exact) mass is 238 g/mol. The molecule has 0 saturated heterocycles. The van der Waals surface area contributed by atoms with Crippen LogP contribution in [0.25, 0.3) is 0 Å². The minimum Gasteiger partial charge on any atom is -0.423 e. The van der Waals surface area contributed by atoms with E-state index in [0.717, 1.165) is 12.1 Å². The zero-order valence-corrected chi connectivity index (χ0v) is 8.43. The van der Waals surface area contributed by atoms with Crippen LogP contribution in [-0.2, 0) is 10.8 Å². The highest BCUT2D eigenvalue weighted by Crippen LogP contribution is 2.33. The standard InChI is InChI=1S/C8H7BClF3O2/c1-15-9(14)5-2-3-7(10)6(4-5)8(11,12)13/h2-4,14H,1H3. The third-order valence-corrected chi connectivity index (χ3v) is 2.13. The molecule has 0 aliphatic rings. The summed E-state index contributed by atoms with van der Waals surface area (Å²) >= 11 is 5.39. The summed E-state index contributed by atoms with van der Waals surface area (Å²) in [4.78, 5) is 0. The third kappa shape index (κ3) is 2.87. The van der Waals surface area contributed by atoms with Gasteiger partial charge in [-0.1, -0.05) is 17.7 Å². The maximum Gasteiger partial charge on any atom is 0.490 e. The molecule has 0 fully saturated rings. The Morgan fingerprint density at radius 1 is 1.40 bits per heavy atom. The molecule has 0 unspecified atom stereocenters. The van der Waals surface area contributed by atoms with E-state index in [-0.39, 0.29) is 5.46 Å². The van der Waals surface area contributed by atoms with E-state index < -0.39 is 23.9 Å². The highest BCUT2D eigenvalue weighted by atomic mass is 35.5. The van der Waals surface area contributed by atoms with Gasteiger partial charge in [0.2, 0.25) is 0 Å². The van der Waals surface area contributed by atoms with Crippen molar-refractivity contribution in [1.29, 1.82) is 0 Å². The molecule has 0 amide bonds. The van der Waals surface area contributed by atoms with E-state index in [0.29, 0.717) is 0 Å². The quantitative estimate of drug-likeness (QED) is 0.795. The minimum absolute atomic E-state index is 0.00854. The number of alkyl halides is 3. The van der Waals surface area contributed by atoms with Gasteiger partial charge in [0.05, 0.1) is 10.6 Å². The maximum absolute atomic E-state index is 12.4. The van der Waals surface area contributed by atoms with E-state index in [1.165, 1.54) is 13.2 Å². The molecule has 1 rings (SSSR count). The Kier molecular flexibility index (Phi) is 3.65. The van der Waals surface area contributed by atoms with Gasteiger partial charge in [-0.25, -0.2) is 0 Å². The van der Waals surface area contributed by atoms with Crippen LogP contribution >= 0.6 is 11.6 Å². The number of hydrogen-bond acceptors (Lipinski definition) is 2. The summed E-state index contributed by atoms with van der Waals surface area (Å²) in [5.41, 5.74) is -0.980. The van der Waals surface area contributed by atoms with E-state index in [2.05, 4.69) is 4.65 Å². The summed E-state index contributed by atoms with van der Waals surface area (Å²) in [5.74, 6) is 0. The first-order valence-electron chi connectivity index (χ1n) is 3.93. The Morgan fingerprint density at radius 3 is 2.47 bits per heavy atom. The normalized spacial score (nSPS) is 11.6. The van der Waals surface area contributed by atoms with E-state index in [1.807, 2.05) is 0 Å². The lowest BCUT2D eigenvalue weighted by Gasteiger charge is -2.11. The minimum atomic E-state index is -4.54. The van der Waals surface area contributed by atoms with Crippen LogP contribution < -0.4 is 5.46 Å². The Balaban J connectivity index is 3.17. The molecule has 0 radical (unpaired) electrons. The van der Waals surface area contributed by atoms with Gasteiger partial charge in [-0.3, -0.25) is 0 Å². The first-order valence-corrected chi connectivity index (χ1v) is 4.31. The lowest BCUT2D eigenvalue weighted by molar-refractivity contribution is -0.137. The molecule has 0 aromatic heterocycles. The highest BCUT2D eigenvalue weighted by Gasteiger charge is 2.34. The fourth-order valence-corrected chi connectivity index (χ4v) is 1.27. The average Bonchev–Trinajstić information content (AvgIpc) is 2.15. The Labute approximate surface area is 89.8 Å². The van der Waals surface area contributed by atoms with Crippen LogP contribution in [0.3, 0.4) is 0 Å². The van der Waals surface area contributed by atoms with Crippen molar-refractivity contribution in [3.8, 4) is 0 Å². The van der Waals surface area contributed by atoms with Crippen LogP contribution in [0.2, 0.25) is 5.02 Å². The second kappa shape index (κ2) is 4.43. The van der Waals surface area contributed by atoms with Gasteiger partial charge in [-0.15, -0.1) is 0 Å². The molecular formula is C8H7BClF3O2. The molecule has 1 aromatic rings. The third-order valence-electron chi connectivity index (χ3n) is 1.80. The number of halogens is 4. The molecule has 0 saturated carbocycles. The van der Waals surface area contributed by atoms with Gasteiger partial charge in [0.15, 0.2) is 0 Å². The summed E-state index contributed by atoms with van der Waals surface area (Å²) in [7, 11) is -0.199. The van der Waals surface area contributed by atoms with Gasteiger partial charge in [-0.2, -0.15) is 13.2 Å². The largest absolute Gasteiger partial charge is 0.490 e. The van der Waals surface area contributed by atoms with E-state index in [4.69, 9.17) is 11.6 Å². The van der Waals surface area contributed by atoms with Crippen LogP contribution in [0.15, 0.2) is 18.2 Å². The van der Waals surface area contributed by atoms with Crippen molar-refractivity contribution in [1.82, 2.24) is 0 Å². The molecule has 1 aromatic carbocycles. The van der Waals surface area contributed by atoms with Crippen LogP contribution in [0.1, 0.15) is 5.56 Å². The number of rotatable bonds is 2. The predicted molar refractivity (Wildman–Crippen MR) is 51.1 cm³/mol. The topological polar surface area (TPSA) is 29.5 Å². The fraction of sp³-hybridized carbons (Fsp3) is 0.250. The maximum atomic E-state index is 12.4. The molecule has 0 aliphatic carbocycles. The molecule has 82 valence electrons. The van der Waals surface area contributed by atoms with E-state index >= 15 is 0 Å². The lowest BCUT2D eigenvalue weighted by Crippen LogP contribution is -2.33. The molecule has 0 aliphatic heterocycles. The second-order valence-corrected chi connectivity index (χ2v) is 3.23. The smallest absolute Gasteiger partial charge is 0.423 e. The number of hydrogen-bond donors (Lipinski definition) is 1. The Morgan fingerprint density at radius 2 is 2.00 bits per heavy atom. The lowest BCUT2D eigenvalue weighted by atomic mass is 9.79. The van der Waals surface area contributed by atoms with Crippen LogP contribution in [-0.4, -0.2) is 19.3 Å². The first kappa shape index (κ1) is 12.4. The molecule has 2 nitrogen and oxygen atoms in total. The van der Waals surface area contributed by atoms with Gasteiger partial charge in [0.25, 0.3) is 0 Å². The summed E-state index contributed by atoms with van der Waals surface area (Å²) in [6.45, 7) is 0. The molecule has 1 N–H and O–H groups in total. The van der Waals surface area contributed by atoms with Crippen molar-refractivity contribution >= 4 is 24.2 Å². The van der Waals surface area contributed by atoms with Crippen molar-refractivity contribution in [2.45, 2.75) is 6.18 Å². The molecular weight excluding hydrogens is 231 g/mol. The van der Waals surface area contributed by atoms with E-state index in [9.17, 15) is 18.2 Å². The molecule has 0 heterocycles. The molecule has 0 atom stereocenters. The van der Waals surface area contributed by atoms with Crippen LogP contribution in [0.5, 0.6) is 0 Å². The van der Waals surface area contributed by atoms with Crippen LogP contribution in [0, 0.1) is 0 Å². The summed E-state index contributed by atoms with van der Waals surface area (Å²) in [6.07, 6.45) is -4.54. The van der Waals surface area contributed by atoms with Gasteiger partial charge in [-0.05, 0) is 17.6 Å². The fourth-order valence-electron chi connectivity index (χ4n) is 1.05. The second-order valence-electron chi connectivity index (χ2n) is 2.83. The van der Waals surface area contributed by atoms with Crippen LogP contribution in [0.4, 0.5) is 13.2 Å². The molecule has 0 bridgehead atoms. The Bertz CT molecular complexity index is 356. The molecule has 15 heavy (non-hydrogen) atoms. The van der Waals surface area contributed by atoms with Gasteiger partial charge in [0, 0.05) is 7.11 Å². The van der Waals surface area contributed by atoms with Crippen molar-refractivity contribution in [3.05, 3.63) is 28.8 Å². The van der Waals surface area contributed by atoms with Crippen molar-refractivity contribution < 1.29 is 22.8 Å². The summed E-state index contributed by atoms with van der Waals surface area (Å²) in [5, 5.41) is 8.77. The average molecular weight is 238 g/mol. The first-order chi connectivity index (χ1) is 6.86. The number of benzene rings is 1. The van der Waals surface area contributed by atoms with E-state index in [1.54, 1.807) is 0 Å². The molecule has 0 spiro atoms.